The van der Waals surface area contributed by atoms with Crippen LogP contribution in [0.4, 0.5) is 10.5 Å². The maximum atomic E-state index is 13.4. The van der Waals surface area contributed by atoms with Gasteiger partial charge in [-0.2, -0.15) is 14.3 Å². The molecule has 0 radical (unpaired) electrons. The van der Waals surface area contributed by atoms with Crippen LogP contribution in [0.15, 0.2) is 60.7 Å². The fourth-order valence-electron chi connectivity index (χ4n) is 3.98. The molecule has 33 heavy (non-hydrogen) atoms. The van der Waals surface area contributed by atoms with Gasteiger partial charge in [-0.3, -0.25) is 4.79 Å². The summed E-state index contributed by atoms with van der Waals surface area (Å²) in [6, 6.07) is 10.0. The Balaban J connectivity index is 1.64. The summed E-state index contributed by atoms with van der Waals surface area (Å²) in [5.74, 6) is -1.38. The third kappa shape index (κ3) is 4.63. The van der Waals surface area contributed by atoms with E-state index in [1.807, 2.05) is 32.0 Å². The number of allylic oxidation sites excluding steroid dienone is 3. The molecular formula is C25H22Cl2N3O3+. The van der Waals surface area contributed by atoms with E-state index >= 15 is 0 Å². The van der Waals surface area contributed by atoms with Crippen molar-refractivity contribution < 1.29 is 19.0 Å². The standard InChI is InChI=1S/C25H21Cl2N3O3/c1-15-6-5-7-16(2)23(15)28-22(31)14-29-21-9-4-3-8-19(21)24(32)30(25(29)33)13-17-10-11-18(26)12-20(17)27/h3-12,19H,13-14H2,1-2H3/p+1. The van der Waals surface area contributed by atoms with Crippen LogP contribution in [0.1, 0.15) is 16.7 Å². The van der Waals surface area contributed by atoms with Gasteiger partial charge in [-0.05, 0) is 43.2 Å². The van der Waals surface area contributed by atoms with Gasteiger partial charge in [0.15, 0.2) is 6.54 Å². The van der Waals surface area contributed by atoms with Gasteiger partial charge < -0.3 is 5.32 Å². The van der Waals surface area contributed by atoms with Crippen molar-refractivity contribution >= 4 is 52.4 Å². The number of benzene rings is 2. The number of nitrogens with zero attached hydrogens (tertiary/aromatic N) is 2. The molecule has 1 N–H and O–H groups in total. The van der Waals surface area contributed by atoms with Crippen LogP contribution in [-0.2, 0) is 16.1 Å². The van der Waals surface area contributed by atoms with Crippen molar-refractivity contribution in [1.29, 1.82) is 0 Å². The monoisotopic (exact) mass is 482 g/mol. The molecule has 1 aliphatic heterocycles. The molecule has 1 aliphatic carbocycles. The molecule has 0 saturated heterocycles. The highest BCUT2D eigenvalue weighted by Crippen LogP contribution is 2.26. The van der Waals surface area contributed by atoms with E-state index < -0.39 is 11.9 Å². The molecule has 4 rings (SSSR count). The highest BCUT2D eigenvalue weighted by atomic mass is 35.5. The highest BCUT2D eigenvalue weighted by molar-refractivity contribution is 6.35. The molecule has 2 aromatic rings. The Morgan fingerprint density at radius 1 is 1.09 bits per heavy atom. The van der Waals surface area contributed by atoms with Gasteiger partial charge in [-0.15, -0.1) is 0 Å². The molecule has 0 aromatic heterocycles. The first-order chi connectivity index (χ1) is 15.8. The molecule has 6 nitrogen and oxygen atoms in total. The second-order valence-electron chi connectivity index (χ2n) is 7.99. The summed E-state index contributed by atoms with van der Waals surface area (Å²) in [5.41, 5.74) is 3.62. The zero-order valence-corrected chi connectivity index (χ0v) is 19.7. The Hall–Kier alpha value is -3.22. The molecule has 0 fully saturated rings. The van der Waals surface area contributed by atoms with Crippen molar-refractivity contribution in [2.24, 2.45) is 5.92 Å². The lowest BCUT2D eigenvalue weighted by Gasteiger charge is -2.27. The number of fused-ring (bicyclic) bond motifs is 1. The lowest BCUT2D eigenvalue weighted by molar-refractivity contribution is -0.428. The van der Waals surface area contributed by atoms with Crippen molar-refractivity contribution in [3.05, 3.63) is 87.4 Å². The number of nitrogens with one attached hydrogen (secondary N) is 1. The van der Waals surface area contributed by atoms with E-state index in [0.717, 1.165) is 16.0 Å². The number of imide groups is 1. The number of hydrogen-bond donors (Lipinski definition) is 1. The topological polar surface area (TPSA) is 69.5 Å². The Morgan fingerprint density at radius 2 is 1.82 bits per heavy atom. The summed E-state index contributed by atoms with van der Waals surface area (Å²) in [6.07, 6.45) is 6.91. The number of halogens is 2. The van der Waals surface area contributed by atoms with Crippen molar-refractivity contribution in [3.63, 3.8) is 0 Å². The van der Waals surface area contributed by atoms with E-state index in [1.165, 1.54) is 4.58 Å². The molecule has 8 heteroatoms. The Morgan fingerprint density at radius 3 is 2.52 bits per heavy atom. The molecular weight excluding hydrogens is 461 g/mol. The first kappa shape index (κ1) is 23.0. The van der Waals surface area contributed by atoms with E-state index in [9.17, 15) is 14.4 Å². The second-order valence-corrected chi connectivity index (χ2v) is 8.83. The lowest BCUT2D eigenvalue weighted by Crippen LogP contribution is -2.55. The van der Waals surface area contributed by atoms with E-state index in [2.05, 4.69) is 5.32 Å². The summed E-state index contributed by atoms with van der Waals surface area (Å²) in [5, 5.41) is 3.72. The summed E-state index contributed by atoms with van der Waals surface area (Å²) in [7, 11) is 0. The number of rotatable bonds is 5. The van der Waals surface area contributed by atoms with Crippen molar-refractivity contribution in [1.82, 2.24) is 4.90 Å². The van der Waals surface area contributed by atoms with E-state index in [1.54, 1.807) is 42.5 Å². The molecule has 1 heterocycles. The summed E-state index contributed by atoms with van der Waals surface area (Å²) in [4.78, 5) is 40.6. The largest absolute Gasteiger partial charge is 0.501 e. The first-order valence-corrected chi connectivity index (χ1v) is 11.2. The lowest BCUT2D eigenvalue weighted by atomic mass is 9.94. The van der Waals surface area contributed by atoms with Gasteiger partial charge in [0.1, 0.15) is 18.2 Å². The van der Waals surface area contributed by atoms with Crippen LogP contribution in [0.2, 0.25) is 10.0 Å². The SMILES string of the molecule is Cc1cccc(C)c1NC(=O)C[N+]1=C2C=CC=CC2C(=O)N(Cc2ccc(Cl)cc2Cl)C1=O. The van der Waals surface area contributed by atoms with Crippen LogP contribution in [0.25, 0.3) is 0 Å². The van der Waals surface area contributed by atoms with Crippen LogP contribution < -0.4 is 5.32 Å². The molecule has 2 aromatic carbocycles. The molecule has 0 bridgehead atoms. The minimum atomic E-state index is -0.660. The second kappa shape index (κ2) is 9.33. The Labute approximate surface area is 201 Å². The van der Waals surface area contributed by atoms with Crippen LogP contribution in [0, 0.1) is 19.8 Å². The number of hydrogen-bond acceptors (Lipinski definition) is 3. The van der Waals surface area contributed by atoms with Gasteiger partial charge in [0.25, 0.3) is 5.91 Å². The van der Waals surface area contributed by atoms with E-state index in [-0.39, 0.29) is 24.9 Å². The fraction of sp³-hybridized carbons (Fsp3) is 0.200. The zero-order valence-electron chi connectivity index (χ0n) is 18.1. The van der Waals surface area contributed by atoms with Crippen LogP contribution >= 0.6 is 23.2 Å². The van der Waals surface area contributed by atoms with Crippen molar-refractivity contribution in [2.45, 2.75) is 20.4 Å². The summed E-state index contributed by atoms with van der Waals surface area (Å²) >= 11 is 12.3. The smallest absolute Gasteiger partial charge is 0.322 e. The maximum Gasteiger partial charge on any atom is 0.501 e. The van der Waals surface area contributed by atoms with Crippen molar-refractivity contribution in [3.8, 4) is 0 Å². The predicted octanol–water partition coefficient (Wildman–Crippen LogP) is 4.91. The van der Waals surface area contributed by atoms with E-state index in [4.69, 9.17) is 23.2 Å². The minimum absolute atomic E-state index is 0.0238. The molecule has 168 valence electrons. The Bertz CT molecular complexity index is 1240. The number of aryl methyl sites for hydroxylation is 2. The van der Waals surface area contributed by atoms with Gasteiger partial charge in [0.2, 0.25) is 0 Å². The average molecular weight is 483 g/mol. The predicted molar refractivity (Wildman–Crippen MR) is 129 cm³/mol. The third-order valence-corrected chi connectivity index (χ3v) is 6.28. The first-order valence-electron chi connectivity index (χ1n) is 10.4. The number of amides is 4. The fourth-order valence-corrected chi connectivity index (χ4v) is 4.44. The number of carbonyl (C=O) groups excluding carboxylic acids is 3. The zero-order chi connectivity index (χ0) is 23.7. The number of para-hydroxylation sites is 1. The quantitative estimate of drug-likeness (QED) is 0.615. The minimum Gasteiger partial charge on any atom is -0.322 e. The molecule has 0 saturated carbocycles. The van der Waals surface area contributed by atoms with Gasteiger partial charge in [-0.1, -0.05) is 65.7 Å². The molecule has 1 atom stereocenters. The molecule has 2 aliphatic rings. The van der Waals surface area contributed by atoms with Crippen LogP contribution in [0.3, 0.4) is 0 Å². The molecule has 4 amide bonds. The average Bonchev–Trinajstić information content (AvgIpc) is 2.78. The number of carbonyl (C=O) groups is 3. The van der Waals surface area contributed by atoms with Gasteiger partial charge >= 0.3 is 11.9 Å². The molecule has 1 unspecified atom stereocenters. The van der Waals surface area contributed by atoms with Gasteiger partial charge in [0.05, 0.1) is 0 Å². The summed E-state index contributed by atoms with van der Waals surface area (Å²) in [6.45, 7) is 3.56. The number of anilines is 1. The summed E-state index contributed by atoms with van der Waals surface area (Å²) < 4.78 is 1.35. The van der Waals surface area contributed by atoms with Crippen molar-refractivity contribution in [2.75, 3.05) is 11.9 Å². The highest BCUT2D eigenvalue weighted by Gasteiger charge is 2.47. The normalized spacial score (nSPS) is 17.5. The van der Waals surface area contributed by atoms with Crippen LogP contribution in [-0.4, -0.2) is 39.6 Å². The van der Waals surface area contributed by atoms with E-state index in [0.29, 0.717) is 27.0 Å². The third-order valence-electron chi connectivity index (χ3n) is 5.70. The maximum absolute atomic E-state index is 13.4. The molecule has 0 spiro atoms. The van der Waals surface area contributed by atoms with Gasteiger partial charge in [-0.25, -0.2) is 4.79 Å². The Kier molecular flexibility index (Phi) is 6.49. The van der Waals surface area contributed by atoms with Gasteiger partial charge in [0, 0.05) is 21.3 Å². The number of urea groups is 1. The van der Waals surface area contributed by atoms with Crippen LogP contribution in [0.5, 0.6) is 0 Å².